The van der Waals surface area contributed by atoms with Crippen molar-refractivity contribution >= 4 is 11.6 Å². The molecule has 1 aromatic heterocycles. The molecule has 5 heteroatoms. The highest BCUT2D eigenvalue weighted by Crippen LogP contribution is 2.36. The Kier molecular flexibility index (Phi) is 6.05. The second-order valence-electron chi connectivity index (χ2n) is 7.34. The second-order valence-corrected chi connectivity index (χ2v) is 7.34. The van der Waals surface area contributed by atoms with Crippen LogP contribution in [0.1, 0.15) is 31.4 Å². The summed E-state index contributed by atoms with van der Waals surface area (Å²) in [6, 6.07) is 20.4. The van der Waals surface area contributed by atoms with Gasteiger partial charge in [0.1, 0.15) is 11.5 Å². The molecule has 0 spiro atoms. The number of H-pyrrole nitrogens is 1. The van der Waals surface area contributed by atoms with Crippen molar-refractivity contribution in [1.29, 1.82) is 0 Å². The van der Waals surface area contributed by atoms with E-state index in [2.05, 4.69) is 45.2 Å². The quantitative estimate of drug-likeness (QED) is 0.614. The lowest BCUT2D eigenvalue weighted by molar-refractivity contribution is -0.116. The van der Waals surface area contributed by atoms with Crippen LogP contribution in [0.4, 0.5) is 5.69 Å². The van der Waals surface area contributed by atoms with Crippen molar-refractivity contribution < 1.29 is 9.53 Å². The first-order chi connectivity index (χ1) is 14.7. The number of ether oxygens (including phenoxy) is 1. The topological polar surface area (TPSA) is 57.4 Å². The number of nitrogens with one attached hydrogen (secondary N) is 2. The molecule has 30 heavy (non-hydrogen) atoms. The summed E-state index contributed by atoms with van der Waals surface area (Å²) >= 11 is 0. The van der Waals surface area contributed by atoms with E-state index in [0.29, 0.717) is 0 Å². The smallest absolute Gasteiger partial charge is 0.296 e. The lowest BCUT2D eigenvalue weighted by atomic mass is 9.92. The van der Waals surface area contributed by atoms with E-state index in [0.717, 1.165) is 36.6 Å². The Morgan fingerprint density at radius 2 is 1.83 bits per heavy atom. The molecule has 1 aliphatic rings. The van der Waals surface area contributed by atoms with Crippen molar-refractivity contribution in [3.05, 3.63) is 78.6 Å². The number of hydrogen-bond acceptors (Lipinski definition) is 3. The van der Waals surface area contributed by atoms with Gasteiger partial charge in [0.15, 0.2) is 0 Å². The zero-order chi connectivity index (χ0) is 20.8. The highest BCUT2D eigenvalue weighted by molar-refractivity contribution is 5.93. The van der Waals surface area contributed by atoms with Crippen LogP contribution >= 0.6 is 0 Å². The molecule has 2 N–H and O–H groups in total. The van der Waals surface area contributed by atoms with E-state index in [1.165, 1.54) is 5.56 Å². The number of nitrogens with zero attached hydrogens (tertiary/aromatic N) is 1. The molecular formula is C25H25N3O2. The number of amides is 1. The Morgan fingerprint density at radius 3 is 2.53 bits per heavy atom. The van der Waals surface area contributed by atoms with Crippen LogP contribution in [0.3, 0.4) is 0 Å². The summed E-state index contributed by atoms with van der Waals surface area (Å²) in [6.45, 7) is 2.41. The highest BCUT2D eigenvalue weighted by Gasteiger charge is 2.30. The maximum absolute atomic E-state index is 11.9. The first kappa shape index (κ1) is 19.7. The molecule has 2 atom stereocenters. The van der Waals surface area contributed by atoms with Gasteiger partial charge in [-0.15, -0.1) is 0 Å². The summed E-state index contributed by atoms with van der Waals surface area (Å²) in [6.07, 6.45) is 5.77. The molecule has 1 amide bonds. The largest absolute Gasteiger partial charge is 0.457 e. The highest BCUT2D eigenvalue weighted by atomic mass is 16.5. The minimum Gasteiger partial charge on any atom is -0.457 e. The number of aromatic nitrogens is 1. The molecule has 0 radical (unpaired) electrons. The first-order valence-electron chi connectivity index (χ1n) is 10.2. The van der Waals surface area contributed by atoms with Crippen LogP contribution in [0.15, 0.2) is 73.1 Å². The summed E-state index contributed by atoms with van der Waals surface area (Å²) in [4.78, 5) is 17.4. The van der Waals surface area contributed by atoms with Gasteiger partial charge in [0.2, 0.25) is 0 Å². The summed E-state index contributed by atoms with van der Waals surface area (Å²) < 4.78 is 5.92. The molecule has 4 rings (SSSR count). The molecule has 1 saturated heterocycles. The predicted molar refractivity (Wildman–Crippen MR) is 118 cm³/mol. The van der Waals surface area contributed by atoms with Crippen LogP contribution in [-0.4, -0.2) is 23.5 Å². The minimum atomic E-state index is -0.211. The van der Waals surface area contributed by atoms with Gasteiger partial charge in [-0.25, -0.2) is 0 Å². The van der Waals surface area contributed by atoms with E-state index in [1.54, 1.807) is 6.92 Å². The van der Waals surface area contributed by atoms with Gasteiger partial charge in [0.25, 0.3) is 5.91 Å². The van der Waals surface area contributed by atoms with Gasteiger partial charge >= 0.3 is 0 Å². The van der Waals surface area contributed by atoms with Crippen LogP contribution < -0.4 is 15.0 Å². The van der Waals surface area contributed by atoms with E-state index >= 15 is 0 Å². The Hall–Kier alpha value is -3.65. The van der Waals surface area contributed by atoms with Gasteiger partial charge in [-0.3, -0.25) is 4.79 Å². The van der Waals surface area contributed by atoms with E-state index in [4.69, 9.17) is 4.74 Å². The van der Waals surface area contributed by atoms with Crippen LogP contribution in [0.5, 0.6) is 11.5 Å². The lowest BCUT2D eigenvalue weighted by Gasteiger charge is -2.41. The molecule has 1 aliphatic heterocycles. The lowest BCUT2D eigenvalue weighted by Crippen LogP contribution is -2.48. The average Bonchev–Trinajstić information content (AvgIpc) is 3.30. The Morgan fingerprint density at radius 1 is 1.07 bits per heavy atom. The summed E-state index contributed by atoms with van der Waals surface area (Å²) in [5.74, 6) is 6.66. The Labute approximate surface area is 177 Å². The standard InChI is InChI=1S/C25H25N3O2/c1-2-6-25(29)27-20-11-14-24(28(18-20)21-15-16-26-17-21)19-9-12-23(13-10-19)30-22-7-4-3-5-8-22/h3-5,7-10,12-13,15-17,20,24,26H,11,14,18H2,1H3,(H,27,29)/t20-,24?/m0/s1. The molecule has 3 aromatic rings. The Balaban J connectivity index is 1.50. The molecule has 1 fully saturated rings. The number of carbonyl (C=O) groups is 1. The van der Waals surface area contributed by atoms with Gasteiger partial charge < -0.3 is 19.9 Å². The SMILES string of the molecule is CC#CC(=O)N[C@H]1CCC(c2ccc(Oc3ccccc3)cc2)N(c2cc[nH]c2)C1. The number of rotatable bonds is 5. The number of hydrogen-bond donors (Lipinski definition) is 2. The van der Waals surface area contributed by atoms with E-state index in [9.17, 15) is 4.79 Å². The Bertz CT molecular complexity index is 1020. The maximum atomic E-state index is 11.9. The first-order valence-corrected chi connectivity index (χ1v) is 10.2. The van der Waals surface area contributed by atoms with Crippen molar-refractivity contribution in [2.45, 2.75) is 31.8 Å². The number of piperidine rings is 1. The number of para-hydroxylation sites is 1. The monoisotopic (exact) mass is 399 g/mol. The molecule has 5 nitrogen and oxygen atoms in total. The van der Waals surface area contributed by atoms with Gasteiger partial charge in [0, 0.05) is 25.0 Å². The van der Waals surface area contributed by atoms with Crippen molar-refractivity contribution in [2.24, 2.45) is 0 Å². The summed E-state index contributed by atoms with van der Waals surface area (Å²) in [5.41, 5.74) is 2.35. The third kappa shape index (κ3) is 4.66. The molecule has 2 heterocycles. The van der Waals surface area contributed by atoms with Crippen LogP contribution in [0.25, 0.3) is 0 Å². The number of anilines is 1. The molecule has 0 aliphatic carbocycles. The predicted octanol–water partition coefficient (Wildman–Crippen LogP) is 4.66. The fraction of sp³-hybridized carbons (Fsp3) is 0.240. The van der Waals surface area contributed by atoms with E-state index in [1.807, 2.05) is 54.9 Å². The fourth-order valence-electron chi connectivity index (χ4n) is 3.93. The van der Waals surface area contributed by atoms with Crippen LogP contribution in [0.2, 0.25) is 0 Å². The van der Waals surface area contributed by atoms with Crippen LogP contribution in [0, 0.1) is 11.8 Å². The summed E-state index contributed by atoms with van der Waals surface area (Å²) in [7, 11) is 0. The molecule has 2 aromatic carbocycles. The summed E-state index contributed by atoms with van der Waals surface area (Å²) in [5, 5.41) is 3.04. The van der Waals surface area contributed by atoms with Gasteiger partial charge in [-0.1, -0.05) is 36.3 Å². The molecule has 152 valence electrons. The molecule has 0 bridgehead atoms. The molecule has 1 unspecified atom stereocenters. The normalized spacial score (nSPS) is 18.2. The fourth-order valence-corrected chi connectivity index (χ4v) is 3.93. The van der Waals surface area contributed by atoms with E-state index < -0.39 is 0 Å². The zero-order valence-corrected chi connectivity index (χ0v) is 17.0. The number of benzene rings is 2. The maximum Gasteiger partial charge on any atom is 0.296 e. The van der Waals surface area contributed by atoms with E-state index in [-0.39, 0.29) is 18.0 Å². The van der Waals surface area contributed by atoms with Crippen LogP contribution in [-0.2, 0) is 4.79 Å². The van der Waals surface area contributed by atoms with Crippen molar-refractivity contribution in [1.82, 2.24) is 10.3 Å². The average molecular weight is 399 g/mol. The van der Waals surface area contributed by atoms with Gasteiger partial charge in [0.05, 0.1) is 11.7 Å². The van der Waals surface area contributed by atoms with Crippen molar-refractivity contribution in [2.75, 3.05) is 11.4 Å². The van der Waals surface area contributed by atoms with Crippen molar-refractivity contribution in [3.63, 3.8) is 0 Å². The number of aromatic amines is 1. The zero-order valence-electron chi connectivity index (χ0n) is 17.0. The second kappa shape index (κ2) is 9.23. The minimum absolute atomic E-state index is 0.0742. The number of carbonyl (C=O) groups excluding carboxylic acids is 1. The molecular weight excluding hydrogens is 374 g/mol. The third-order valence-electron chi connectivity index (χ3n) is 5.31. The van der Waals surface area contributed by atoms with Gasteiger partial charge in [-0.05, 0) is 61.6 Å². The van der Waals surface area contributed by atoms with Gasteiger partial charge in [-0.2, -0.15) is 0 Å². The third-order valence-corrected chi connectivity index (χ3v) is 5.31. The molecule has 0 saturated carbocycles. The van der Waals surface area contributed by atoms with Crippen molar-refractivity contribution in [3.8, 4) is 23.3 Å².